The van der Waals surface area contributed by atoms with E-state index in [4.69, 9.17) is 0 Å². The highest BCUT2D eigenvalue weighted by molar-refractivity contribution is 5.37. The fourth-order valence-electron chi connectivity index (χ4n) is 3.58. The predicted octanol–water partition coefficient (Wildman–Crippen LogP) is 1.12. The zero-order valence-corrected chi connectivity index (χ0v) is 14.1. The van der Waals surface area contributed by atoms with E-state index in [9.17, 15) is 5.11 Å². The van der Waals surface area contributed by atoms with Crippen molar-refractivity contribution < 1.29 is 5.11 Å². The summed E-state index contributed by atoms with van der Waals surface area (Å²) in [6, 6.07) is 2.12. The Balaban J connectivity index is 1.53. The van der Waals surface area contributed by atoms with Gasteiger partial charge < -0.3 is 15.7 Å². The van der Waals surface area contributed by atoms with Crippen molar-refractivity contribution in [3.8, 4) is 0 Å². The summed E-state index contributed by atoms with van der Waals surface area (Å²) in [5, 5.41) is 16.6. The van der Waals surface area contributed by atoms with Crippen molar-refractivity contribution in [2.24, 2.45) is 0 Å². The normalized spacial score (nSPS) is 23.8. The molecular formula is C17H29N5O. The lowest BCUT2D eigenvalue weighted by Gasteiger charge is -2.30. The van der Waals surface area contributed by atoms with Crippen LogP contribution in [-0.2, 0) is 0 Å². The Bertz CT molecular complexity index is 504. The van der Waals surface area contributed by atoms with Gasteiger partial charge in [-0.3, -0.25) is 4.90 Å². The Hall–Kier alpha value is -1.24. The van der Waals surface area contributed by atoms with E-state index in [1.165, 1.54) is 5.69 Å². The van der Waals surface area contributed by atoms with Gasteiger partial charge in [0, 0.05) is 37.3 Å². The number of hydrogen-bond donors (Lipinski definition) is 3. The molecule has 0 bridgehead atoms. The van der Waals surface area contributed by atoms with Gasteiger partial charge in [0.25, 0.3) is 0 Å². The molecule has 3 N–H and O–H groups in total. The highest BCUT2D eigenvalue weighted by atomic mass is 16.3. The van der Waals surface area contributed by atoms with Gasteiger partial charge in [-0.05, 0) is 52.2 Å². The minimum atomic E-state index is -0.156. The molecule has 2 fully saturated rings. The number of hydrogen-bond acceptors (Lipinski definition) is 6. The van der Waals surface area contributed by atoms with Crippen LogP contribution in [0.4, 0.5) is 5.82 Å². The zero-order valence-electron chi connectivity index (χ0n) is 14.1. The Morgan fingerprint density at radius 3 is 2.91 bits per heavy atom. The molecule has 1 aromatic rings. The van der Waals surface area contributed by atoms with E-state index in [2.05, 4.69) is 31.6 Å². The van der Waals surface area contributed by atoms with Gasteiger partial charge in [0.1, 0.15) is 11.6 Å². The number of aromatic nitrogens is 2. The fourth-order valence-corrected chi connectivity index (χ4v) is 3.58. The van der Waals surface area contributed by atoms with Crippen molar-refractivity contribution in [2.45, 2.75) is 44.6 Å². The Labute approximate surface area is 138 Å². The van der Waals surface area contributed by atoms with Crippen LogP contribution in [0.15, 0.2) is 6.07 Å². The van der Waals surface area contributed by atoms with Crippen molar-refractivity contribution in [2.75, 3.05) is 44.6 Å². The maximum absolute atomic E-state index is 9.73. The predicted molar refractivity (Wildman–Crippen MR) is 91.8 cm³/mol. The smallest absolute Gasteiger partial charge is 0.129 e. The zero-order chi connectivity index (χ0) is 16.1. The number of nitrogens with zero attached hydrogens (tertiary/aromatic N) is 3. The highest BCUT2D eigenvalue weighted by Crippen LogP contribution is 2.25. The molecule has 2 saturated heterocycles. The van der Waals surface area contributed by atoms with Gasteiger partial charge in [-0.2, -0.15) is 0 Å². The van der Waals surface area contributed by atoms with Crippen LogP contribution < -0.4 is 10.6 Å². The summed E-state index contributed by atoms with van der Waals surface area (Å²) in [5.74, 6) is 2.33. The average molecular weight is 319 g/mol. The Morgan fingerprint density at radius 2 is 2.13 bits per heavy atom. The van der Waals surface area contributed by atoms with E-state index >= 15 is 0 Å². The topological polar surface area (TPSA) is 73.3 Å². The minimum Gasteiger partial charge on any atom is -0.392 e. The number of rotatable bonds is 5. The molecule has 0 aliphatic carbocycles. The molecule has 0 amide bonds. The van der Waals surface area contributed by atoms with Crippen molar-refractivity contribution >= 4 is 5.82 Å². The molecule has 2 aliphatic rings. The highest BCUT2D eigenvalue weighted by Gasteiger charge is 2.19. The van der Waals surface area contributed by atoms with E-state index in [1.54, 1.807) is 0 Å². The number of β-amino-alcohol motifs (C(OH)–C–C–N with tert-alkyl or cyclic N) is 1. The Morgan fingerprint density at radius 1 is 1.30 bits per heavy atom. The quantitative estimate of drug-likeness (QED) is 0.755. The Kier molecular flexibility index (Phi) is 5.80. The molecule has 0 radical (unpaired) electrons. The van der Waals surface area contributed by atoms with E-state index in [1.807, 2.05) is 6.92 Å². The van der Waals surface area contributed by atoms with Crippen molar-refractivity contribution in [1.29, 1.82) is 0 Å². The van der Waals surface area contributed by atoms with Gasteiger partial charge >= 0.3 is 0 Å². The van der Waals surface area contributed by atoms with E-state index in [0.29, 0.717) is 5.92 Å². The van der Waals surface area contributed by atoms with Crippen LogP contribution in [0.3, 0.4) is 0 Å². The number of anilines is 1. The van der Waals surface area contributed by atoms with Gasteiger partial charge in [0.05, 0.1) is 6.10 Å². The number of likely N-dealkylation sites (tertiary alicyclic amines) is 1. The second-order valence-corrected chi connectivity index (χ2v) is 6.77. The van der Waals surface area contributed by atoms with Crippen LogP contribution in [-0.4, -0.2) is 65.3 Å². The SMILES string of the molecule is Cc1nc(NCCN2CCC[C@H](O)C2)cc(C2CCNCC2)n1. The first-order valence-corrected chi connectivity index (χ1v) is 8.91. The fraction of sp³-hybridized carbons (Fsp3) is 0.765. The number of nitrogens with one attached hydrogen (secondary N) is 2. The van der Waals surface area contributed by atoms with Gasteiger partial charge in [-0.1, -0.05) is 0 Å². The molecule has 3 heterocycles. The average Bonchev–Trinajstić information content (AvgIpc) is 2.55. The van der Waals surface area contributed by atoms with Crippen molar-refractivity contribution in [3.63, 3.8) is 0 Å². The molecule has 0 unspecified atom stereocenters. The van der Waals surface area contributed by atoms with E-state index < -0.39 is 0 Å². The van der Waals surface area contributed by atoms with Crippen LogP contribution in [0.5, 0.6) is 0 Å². The monoisotopic (exact) mass is 319 g/mol. The van der Waals surface area contributed by atoms with Gasteiger partial charge in [0.2, 0.25) is 0 Å². The second-order valence-electron chi connectivity index (χ2n) is 6.77. The first-order valence-electron chi connectivity index (χ1n) is 8.91. The number of aliphatic hydroxyl groups excluding tert-OH is 1. The first-order chi connectivity index (χ1) is 11.2. The second kappa shape index (κ2) is 8.04. The largest absolute Gasteiger partial charge is 0.392 e. The third-order valence-corrected chi connectivity index (χ3v) is 4.83. The summed E-state index contributed by atoms with van der Waals surface area (Å²) >= 11 is 0. The molecule has 2 aliphatic heterocycles. The van der Waals surface area contributed by atoms with E-state index in [-0.39, 0.29) is 6.10 Å². The number of piperidine rings is 2. The number of aliphatic hydroxyl groups is 1. The lowest BCUT2D eigenvalue weighted by molar-refractivity contribution is 0.0730. The lowest BCUT2D eigenvalue weighted by atomic mass is 9.94. The third-order valence-electron chi connectivity index (χ3n) is 4.83. The summed E-state index contributed by atoms with van der Waals surface area (Å²) in [6.07, 6.45) is 4.18. The molecular weight excluding hydrogens is 290 g/mol. The first kappa shape index (κ1) is 16.6. The third kappa shape index (κ3) is 4.86. The van der Waals surface area contributed by atoms with Crippen LogP contribution in [0.1, 0.15) is 43.1 Å². The van der Waals surface area contributed by atoms with E-state index in [0.717, 1.165) is 76.6 Å². The van der Waals surface area contributed by atoms with Gasteiger partial charge in [-0.15, -0.1) is 0 Å². The molecule has 6 heteroatoms. The summed E-state index contributed by atoms with van der Waals surface area (Å²) in [5.41, 5.74) is 1.18. The van der Waals surface area contributed by atoms with Crippen molar-refractivity contribution in [3.05, 3.63) is 17.6 Å². The molecule has 128 valence electrons. The lowest BCUT2D eigenvalue weighted by Crippen LogP contribution is -2.40. The maximum atomic E-state index is 9.73. The number of aryl methyl sites for hydroxylation is 1. The van der Waals surface area contributed by atoms with Gasteiger partial charge in [-0.25, -0.2) is 9.97 Å². The van der Waals surface area contributed by atoms with Crippen LogP contribution in [0.25, 0.3) is 0 Å². The summed E-state index contributed by atoms with van der Waals surface area (Å²) in [6.45, 7) is 7.81. The van der Waals surface area contributed by atoms with Crippen molar-refractivity contribution in [1.82, 2.24) is 20.2 Å². The minimum absolute atomic E-state index is 0.156. The molecule has 0 aromatic carbocycles. The molecule has 1 atom stereocenters. The summed E-state index contributed by atoms with van der Waals surface area (Å²) < 4.78 is 0. The molecule has 3 rings (SSSR count). The van der Waals surface area contributed by atoms with Crippen LogP contribution in [0.2, 0.25) is 0 Å². The van der Waals surface area contributed by atoms with Crippen LogP contribution >= 0.6 is 0 Å². The molecule has 0 saturated carbocycles. The van der Waals surface area contributed by atoms with Crippen LogP contribution in [0, 0.1) is 6.92 Å². The van der Waals surface area contributed by atoms with Gasteiger partial charge in [0.15, 0.2) is 0 Å². The molecule has 0 spiro atoms. The summed E-state index contributed by atoms with van der Waals surface area (Å²) in [7, 11) is 0. The molecule has 23 heavy (non-hydrogen) atoms. The maximum Gasteiger partial charge on any atom is 0.129 e. The molecule has 1 aromatic heterocycles. The molecule has 6 nitrogen and oxygen atoms in total. The standard InChI is InChI=1S/C17H29N5O/c1-13-20-16(14-4-6-18-7-5-14)11-17(21-13)19-8-10-22-9-2-3-15(23)12-22/h11,14-15,18,23H,2-10,12H2,1H3,(H,19,20,21)/t15-/m0/s1. The summed E-state index contributed by atoms with van der Waals surface area (Å²) in [4.78, 5) is 11.5.